The number of nitrogens with zero attached hydrogens (tertiary/aromatic N) is 1. The van der Waals surface area contributed by atoms with Gasteiger partial charge in [0.05, 0.1) is 6.61 Å². The van der Waals surface area contributed by atoms with Gasteiger partial charge in [-0.15, -0.1) is 0 Å². The molecule has 3 nitrogen and oxygen atoms in total. The molecule has 0 amide bonds. The molecule has 0 fully saturated rings. The lowest BCUT2D eigenvalue weighted by Gasteiger charge is -2.08. The van der Waals surface area contributed by atoms with Gasteiger partial charge < -0.3 is 10.2 Å². The van der Waals surface area contributed by atoms with Gasteiger partial charge in [0, 0.05) is 11.3 Å². The fraction of sp³-hybridized carbons (Fsp3) is 0.375. The summed E-state index contributed by atoms with van der Waals surface area (Å²) in [6.07, 6.45) is -0.939. The molecule has 1 atom stereocenters. The predicted molar refractivity (Wildman–Crippen MR) is 46.0 cm³/mol. The maximum absolute atomic E-state index is 9.23. The van der Waals surface area contributed by atoms with Gasteiger partial charge in [0.1, 0.15) is 11.3 Å². The second kappa shape index (κ2) is 3.85. The molecule has 66 valence electrons. The zero-order valence-electron chi connectivity index (χ0n) is 6.66. The van der Waals surface area contributed by atoms with Crippen molar-refractivity contribution in [3.8, 4) is 0 Å². The van der Waals surface area contributed by atoms with Crippen LogP contribution in [0.25, 0.3) is 0 Å². The first kappa shape index (κ1) is 9.45. The van der Waals surface area contributed by atoms with E-state index < -0.39 is 6.10 Å². The van der Waals surface area contributed by atoms with Crippen LogP contribution >= 0.6 is 11.6 Å². The molecular weight excluding hydrogens is 178 g/mol. The fourth-order valence-corrected chi connectivity index (χ4v) is 1.20. The highest BCUT2D eigenvalue weighted by Crippen LogP contribution is 2.20. The molecule has 1 rings (SSSR count). The van der Waals surface area contributed by atoms with Gasteiger partial charge in [0.15, 0.2) is 0 Å². The molecule has 4 heteroatoms. The third-order valence-corrected chi connectivity index (χ3v) is 1.85. The standard InChI is InChI=1S/C8H10ClNO2/c1-5-2-3-6(7(12)4-11)8(9)10-5/h2-3,7,11-12H,4H2,1H3. The maximum atomic E-state index is 9.23. The van der Waals surface area contributed by atoms with Crippen LogP contribution in [0.15, 0.2) is 12.1 Å². The van der Waals surface area contributed by atoms with Crippen LogP contribution in [-0.2, 0) is 0 Å². The average molecular weight is 188 g/mol. The number of aliphatic hydroxyl groups excluding tert-OH is 2. The number of hydrogen-bond acceptors (Lipinski definition) is 3. The van der Waals surface area contributed by atoms with E-state index in [1.165, 1.54) is 0 Å². The molecule has 1 aromatic heterocycles. The van der Waals surface area contributed by atoms with Crippen molar-refractivity contribution in [3.63, 3.8) is 0 Å². The van der Waals surface area contributed by atoms with Gasteiger partial charge >= 0.3 is 0 Å². The molecule has 2 N–H and O–H groups in total. The molecule has 0 spiro atoms. The van der Waals surface area contributed by atoms with Crippen molar-refractivity contribution >= 4 is 11.6 Å². The van der Waals surface area contributed by atoms with E-state index in [-0.39, 0.29) is 11.8 Å². The van der Waals surface area contributed by atoms with E-state index in [0.717, 1.165) is 5.69 Å². The van der Waals surface area contributed by atoms with Crippen LogP contribution in [0.4, 0.5) is 0 Å². The van der Waals surface area contributed by atoms with Gasteiger partial charge in [-0.3, -0.25) is 0 Å². The first-order valence-corrected chi connectivity index (χ1v) is 3.95. The van der Waals surface area contributed by atoms with Gasteiger partial charge in [-0.25, -0.2) is 4.98 Å². The molecule has 0 aliphatic rings. The van der Waals surface area contributed by atoms with Crippen LogP contribution < -0.4 is 0 Å². The number of pyridine rings is 1. The highest BCUT2D eigenvalue weighted by molar-refractivity contribution is 6.30. The van der Waals surface area contributed by atoms with Crippen LogP contribution in [0.5, 0.6) is 0 Å². The van der Waals surface area contributed by atoms with E-state index in [0.29, 0.717) is 5.56 Å². The van der Waals surface area contributed by atoms with E-state index in [9.17, 15) is 5.11 Å². The number of rotatable bonds is 2. The highest BCUT2D eigenvalue weighted by Gasteiger charge is 2.10. The fourth-order valence-electron chi connectivity index (χ4n) is 0.883. The largest absolute Gasteiger partial charge is 0.393 e. The summed E-state index contributed by atoms with van der Waals surface area (Å²) in [5, 5.41) is 18.1. The van der Waals surface area contributed by atoms with Crippen molar-refractivity contribution in [3.05, 3.63) is 28.5 Å². The Kier molecular flexibility index (Phi) is 3.03. The van der Waals surface area contributed by atoms with Crippen molar-refractivity contribution < 1.29 is 10.2 Å². The van der Waals surface area contributed by atoms with E-state index in [2.05, 4.69) is 4.98 Å². The zero-order chi connectivity index (χ0) is 9.14. The quantitative estimate of drug-likeness (QED) is 0.681. The Labute approximate surface area is 75.6 Å². The Morgan fingerprint density at radius 2 is 2.25 bits per heavy atom. The molecule has 0 radical (unpaired) electrons. The molecule has 0 aromatic carbocycles. The Bertz CT molecular complexity index is 278. The Hall–Kier alpha value is -0.640. The minimum atomic E-state index is -0.939. The van der Waals surface area contributed by atoms with Crippen molar-refractivity contribution in [1.29, 1.82) is 0 Å². The lowest BCUT2D eigenvalue weighted by atomic mass is 10.1. The number of aromatic nitrogens is 1. The van der Waals surface area contributed by atoms with Gasteiger partial charge in [0.25, 0.3) is 0 Å². The first-order chi connectivity index (χ1) is 5.65. The lowest BCUT2D eigenvalue weighted by Crippen LogP contribution is -2.04. The van der Waals surface area contributed by atoms with E-state index >= 15 is 0 Å². The summed E-state index contributed by atoms with van der Waals surface area (Å²) in [6, 6.07) is 3.39. The minimum absolute atomic E-state index is 0.247. The van der Waals surface area contributed by atoms with E-state index in [4.69, 9.17) is 16.7 Å². The summed E-state index contributed by atoms with van der Waals surface area (Å²) < 4.78 is 0. The molecule has 0 saturated carbocycles. The molecule has 1 unspecified atom stereocenters. The highest BCUT2D eigenvalue weighted by atomic mass is 35.5. The van der Waals surface area contributed by atoms with Crippen LogP contribution in [0.1, 0.15) is 17.4 Å². The number of aliphatic hydroxyl groups is 2. The number of halogens is 1. The predicted octanol–water partition coefficient (Wildman–Crippen LogP) is 1.07. The number of hydrogen-bond donors (Lipinski definition) is 2. The van der Waals surface area contributed by atoms with E-state index in [1.807, 2.05) is 0 Å². The zero-order valence-corrected chi connectivity index (χ0v) is 7.41. The normalized spacial score (nSPS) is 13.0. The topological polar surface area (TPSA) is 53.4 Å². The van der Waals surface area contributed by atoms with Crippen LogP contribution in [0.2, 0.25) is 5.15 Å². The SMILES string of the molecule is Cc1ccc(C(O)CO)c(Cl)n1. The summed E-state index contributed by atoms with van der Waals surface area (Å²) >= 11 is 5.72. The molecule has 1 aromatic rings. The molecule has 0 bridgehead atoms. The van der Waals surface area contributed by atoms with Gasteiger partial charge in [-0.05, 0) is 13.0 Å². The van der Waals surface area contributed by atoms with Crippen LogP contribution in [-0.4, -0.2) is 21.8 Å². The lowest BCUT2D eigenvalue weighted by molar-refractivity contribution is 0.0954. The number of aryl methyl sites for hydroxylation is 1. The Balaban J connectivity index is 3.01. The monoisotopic (exact) mass is 187 g/mol. The smallest absolute Gasteiger partial charge is 0.135 e. The maximum Gasteiger partial charge on any atom is 0.135 e. The second-order valence-electron chi connectivity index (χ2n) is 2.53. The third kappa shape index (κ3) is 1.94. The Morgan fingerprint density at radius 3 is 2.75 bits per heavy atom. The van der Waals surface area contributed by atoms with Crippen LogP contribution in [0, 0.1) is 6.92 Å². The minimum Gasteiger partial charge on any atom is -0.393 e. The van der Waals surface area contributed by atoms with Crippen molar-refractivity contribution in [2.24, 2.45) is 0 Å². The van der Waals surface area contributed by atoms with Gasteiger partial charge in [-0.2, -0.15) is 0 Å². The Morgan fingerprint density at radius 1 is 1.58 bits per heavy atom. The van der Waals surface area contributed by atoms with Gasteiger partial charge in [-0.1, -0.05) is 17.7 Å². The molecule has 0 saturated heterocycles. The first-order valence-electron chi connectivity index (χ1n) is 3.57. The average Bonchev–Trinajstić information content (AvgIpc) is 2.03. The summed E-state index contributed by atoms with van der Waals surface area (Å²) in [6.45, 7) is 1.46. The summed E-state index contributed by atoms with van der Waals surface area (Å²) in [5.41, 5.74) is 1.25. The molecular formula is C8H10ClNO2. The van der Waals surface area contributed by atoms with Crippen molar-refractivity contribution in [2.45, 2.75) is 13.0 Å². The van der Waals surface area contributed by atoms with E-state index in [1.54, 1.807) is 19.1 Å². The molecule has 0 aliphatic heterocycles. The molecule has 12 heavy (non-hydrogen) atoms. The van der Waals surface area contributed by atoms with Crippen molar-refractivity contribution in [1.82, 2.24) is 4.98 Å². The summed E-state index contributed by atoms with van der Waals surface area (Å²) in [5.74, 6) is 0. The molecule has 0 aliphatic carbocycles. The molecule has 1 heterocycles. The van der Waals surface area contributed by atoms with Crippen LogP contribution in [0.3, 0.4) is 0 Å². The van der Waals surface area contributed by atoms with Crippen molar-refractivity contribution in [2.75, 3.05) is 6.61 Å². The van der Waals surface area contributed by atoms with Gasteiger partial charge in [0.2, 0.25) is 0 Å². The summed E-state index contributed by atoms with van der Waals surface area (Å²) in [7, 11) is 0. The third-order valence-electron chi connectivity index (χ3n) is 1.55. The summed E-state index contributed by atoms with van der Waals surface area (Å²) in [4.78, 5) is 3.94. The second-order valence-corrected chi connectivity index (χ2v) is 2.89.